The molecule has 2 aromatic rings. The molecule has 5 nitrogen and oxygen atoms in total. The summed E-state index contributed by atoms with van der Waals surface area (Å²) in [6.07, 6.45) is 1.90. The van der Waals surface area contributed by atoms with Crippen molar-refractivity contribution in [3.05, 3.63) is 17.1 Å². The van der Waals surface area contributed by atoms with E-state index in [1.54, 1.807) is 5.51 Å². The Labute approximate surface area is 104 Å². The zero-order valence-corrected chi connectivity index (χ0v) is 10.9. The first kappa shape index (κ1) is 12.2. The normalized spacial score (nSPS) is 10.9. The highest BCUT2D eigenvalue weighted by Crippen LogP contribution is 2.25. The van der Waals surface area contributed by atoms with E-state index in [0.29, 0.717) is 11.8 Å². The topological polar surface area (TPSA) is 63.8 Å². The van der Waals surface area contributed by atoms with Crippen LogP contribution < -0.4 is 5.32 Å². The van der Waals surface area contributed by atoms with Gasteiger partial charge in [0.1, 0.15) is 4.88 Å². The Morgan fingerprint density at radius 2 is 2.24 bits per heavy atom. The first-order valence-corrected chi connectivity index (χ1v) is 6.62. The van der Waals surface area contributed by atoms with Gasteiger partial charge in [-0.1, -0.05) is 6.92 Å². The van der Waals surface area contributed by atoms with Gasteiger partial charge in [0, 0.05) is 13.0 Å². The molecule has 0 fully saturated rings. The van der Waals surface area contributed by atoms with Gasteiger partial charge in [0.25, 0.3) is 5.89 Å². The van der Waals surface area contributed by atoms with Crippen molar-refractivity contribution in [2.75, 3.05) is 13.1 Å². The third-order valence-electron chi connectivity index (χ3n) is 2.35. The predicted molar refractivity (Wildman–Crippen MR) is 67.0 cm³/mol. The summed E-state index contributed by atoms with van der Waals surface area (Å²) in [7, 11) is 0. The minimum absolute atomic E-state index is 0.579. The molecule has 2 heterocycles. The maximum Gasteiger partial charge on any atom is 0.259 e. The number of nitrogens with zero attached hydrogens (tertiary/aromatic N) is 3. The number of rotatable bonds is 6. The number of thiazole rings is 1. The van der Waals surface area contributed by atoms with Crippen LogP contribution in [0.25, 0.3) is 10.8 Å². The van der Waals surface area contributed by atoms with E-state index >= 15 is 0 Å². The minimum atomic E-state index is 0.579. The molecule has 0 saturated heterocycles. The van der Waals surface area contributed by atoms with E-state index in [2.05, 4.69) is 27.4 Å². The summed E-state index contributed by atoms with van der Waals surface area (Å²) in [6.45, 7) is 5.98. The van der Waals surface area contributed by atoms with E-state index in [1.807, 2.05) is 6.92 Å². The summed E-state index contributed by atoms with van der Waals surface area (Å²) in [5, 5.41) is 11.4. The molecule has 2 aromatic heterocycles. The molecule has 0 aromatic carbocycles. The standard InChI is InChI=1S/C11H16N4OS/c1-3-5-12-6-4-9-14-15-11(16-9)10-8(2)13-7-17-10/h7,12H,3-6H2,1-2H3. The highest BCUT2D eigenvalue weighted by molar-refractivity contribution is 7.13. The summed E-state index contributed by atoms with van der Waals surface area (Å²) in [4.78, 5) is 5.13. The van der Waals surface area contributed by atoms with Crippen LogP contribution in [0.1, 0.15) is 24.9 Å². The van der Waals surface area contributed by atoms with Gasteiger partial charge in [-0.25, -0.2) is 4.98 Å². The first-order chi connectivity index (χ1) is 8.31. The zero-order chi connectivity index (χ0) is 12.1. The quantitative estimate of drug-likeness (QED) is 0.797. The van der Waals surface area contributed by atoms with Crippen LogP contribution in [0.3, 0.4) is 0 Å². The molecular formula is C11H16N4OS. The van der Waals surface area contributed by atoms with E-state index in [9.17, 15) is 0 Å². The van der Waals surface area contributed by atoms with E-state index in [-0.39, 0.29) is 0 Å². The summed E-state index contributed by atoms with van der Waals surface area (Å²) in [5.74, 6) is 1.26. The molecule has 6 heteroatoms. The SMILES string of the molecule is CCCNCCc1nnc(-c2scnc2C)o1. The molecule has 2 rings (SSSR count). The number of hydrogen-bond donors (Lipinski definition) is 1. The van der Waals surface area contributed by atoms with Gasteiger partial charge in [-0.2, -0.15) is 0 Å². The number of aromatic nitrogens is 3. The molecule has 0 radical (unpaired) electrons. The van der Waals surface area contributed by atoms with Crippen LogP contribution in [0.5, 0.6) is 0 Å². The molecule has 0 aliphatic rings. The third kappa shape index (κ3) is 3.10. The lowest BCUT2D eigenvalue weighted by Crippen LogP contribution is -2.17. The van der Waals surface area contributed by atoms with Crippen LogP contribution in [0.15, 0.2) is 9.93 Å². The number of nitrogens with one attached hydrogen (secondary N) is 1. The molecule has 0 amide bonds. The Balaban J connectivity index is 1.95. The molecule has 0 aliphatic carbocycles. The third-order valence-corrected chi connectivity index (χ3v) is 3.27. The number of hydrogen-bond acceptors (Lipinski definition) is 6. The Hall–Kier alpha value is -1.27. The highest BCUT2D eigenvalue weighted by Gasteiger charge is 2.12. The Bertz CT molecular complexity index is 465. The molecular weight excluding hydrogens is 236 g/mol. The van der Waals surface area contributed by atoms with E-state index in [4.69, 9.17) is 4.42 Å². The lowest BCUT2D eigenvalue weighted by Gasteiger charge is -1.98. The smallest absolute Gasteiger partial charge is 0.259 e. The molecule has 0 spiro atoms. The minimum Gasteiger partial charge on any atom is -0.420 e. The zero-order valence-electron chi connectivity index (χ0n) is 10.1. The van der Waals surface area contributed by atoms with Gasteiger partial charge < -0.3 is 9.73 Å². The lowest BCUT2D eigenvalue weighted by atomic mass is 10.4. The van der Waals surface area contributed by atoms with Crippen LogP contribution in [-0.2, 0) is 6.42 Å². The van der Waals surface area contributed by atoms with Crippen molar-refractivity contribution in [2.24, 2.45) is 0 Å². The van der Waals surface area contributed by atoms with Crippen molar-refractivity contribution in [1.29, 1.82) is 0 Å². The van der Waals surface area contributed by atoms with Crippen LogP contribution in [0, 0.1) is 6.92 Å². The van der Waals surface area contributed by atoms with Gasteiger partial charge in [0.15, 0.2) is 0 Å². The van der Waals surface area contributed by atoms with Gasteiger partial charge in [-0.3, -0.25) is 0 Å². The first-order valence-electron chi connectivity index (χ1n) is 5.74. The average Bonchev–Trinajstić information content (AvgIpc) is 2.93. The van der Waals surface area contributed by atoms with Crippen molar-refractivity contribution >= 4 is 11.3 Å². The molecule has 0 aliphatic heterocycles. The molecule has 17 heavy (non-hydrogen) atoms. The molecule has 0 bridgehead atoms. The Morgan fingerprint density at radius 3 is 2.94 bits per heavy atom. The monoisotopic (exact) mass is 252 g/mol. The van der Waals surface area contributed by atoms with Gasteiger partial charge >= 0.3 is 0 Å². The van der Waals surface area contributed by atoms with E-state index in [1.165, 1.54) is 11.3 Å². The van der Waals surface area contributed by atoms with E-state index < -0.39 is 0 Å². The van der Waals surface area contributed by atoms with Crippen LogP contribution in [-0.4, -0.2) is 28.3 Å². The second kappa shape index (κ2) is 5.88. The maximum atomic E-state index is 5.60. The molecule has 0 saturated carbocycles. The second-order valence-corrected chi connectivity index (χ2v) is 4.62. The van der Waals surface area contributed by atoms with Gasteiger partial charge in [0.2, 0.25) is 5.89 Å². The largest absolute Gasteiger partial charge is 0.420 e. The van der Waals surface area contributed by atoms with Crippen LogP contribution in [0.2, 0.25) is 0 Å². The van der Waals surface area contributed by atoms with Crippen molar-refractivity contribution < 1.29 is 4.42 Å². The molecule has 0 atom stereocenters. The molecule has 92 valence electrons. The summed E-state index contributed by atoms with van der Waals surface area (Å²) >= 11 is 1.52. The van der Waals surface area contributed by atoms with Gasteiger partial charge in [-0.15, -0.1) is 21.5 Å². The molecule has 1 N–H and O–H groups in total. The van der Waals surface area contributed by atoms with Crippen molar-refractivity contribution in [2.45, 2.75) is 26.7 Å². The summed E-state index contributed by atoms with van der Waals surface area (Å²) in [5.41, 5.74) is 2.73. The second-order valence-electron chi connectivity index (χ2n) is 3.77. The van der Waals surface area contributed by atoms with Crippen LogP contribution >= 0.6 is 11.3 Å². The Morgan fingerprint density at radius 1 is 1.35 bits per heavy atom. The average molecular weight is 252 g/mol. The fraction of sp³-hybridized carbons (Fsp3) is 0.545. The maximum absolute atomic E-state index is 5.60. The van der Waals surface area contributed by atoms with Crippen LogP contribution in [0.4, 0.5) is 0 Å². The summed E-state index contributed by atoms with van der Waals surface area (Å²) < 4.78 is 5.60. The van der Waals surface area contributed by atoms with E-state index in [0.717, 1.165) is 36.5 Å². The predicted octanol–water partition coefficient (Wildman–Crippen LogP) is 2.04. The lowest BCUT2D eigenvalue weighted by molar-refractivity contribution is 0.495. The molecule has 0 unspecified atom stereocenters. The van der Waals surface area contributed by atoms with Gasteiger partial charge in [0.05, 0.1) is 11.2 Å². The Kier molecular flexibility index (Phi) is 4.22. The van der Waals surface area contributed by atoms with Gasteiger partial charge in [-0.05, 0) is 19.9 Å². The van der Waals surface area contributed by atoms with Crippen molar-refractivity contribution in [1.82, 2.24) is 20.5 Å². The fourth-order valence-corrected chi connectivity index (χ4v) is 2.17. The fourth-order valence-electron chi connectivity index (χ4n) is 1.45. The summed E-state index contributed by atoms with van der Waals surface area (Å²) in [6, 6.07) is 0. The van der Waals surface area contributed by atoms with Crippen molar-refractivity contribution in [3.8, 4) is 10.8 Å². The van der Waals surface area contributed by atoms with Crippen molar-refractivity contribution in [3.63, 3.8) is 0 Å². The number of aryl methyl sites for hydroxylation is 1. The highest BCUT2D eigenvalue weighted by atomic mass is 32.1.